The van der Waals surface area contributed by atoms with Gasteiger partial charge in [-0.05, 0) is 49.6 Å². The van der Waals surface area contributed by atoms with Gasteiger partial charge in [0, 0.05) is 22.8 Å². The monoisotopic (exact) mass is 462 g/mol. The molecule has 0 saturated heterocycles. The fourth-order valence-corrected chi connectivity index (χ4v) is 3.83. The third-order valence-corrected chi connectivity index (χ3v) is 5.54. The molecule has 1 N–H and O–H groups in total. The van der Waals surface area contributed by atoms with Crippen LogP contribution in [0.2, 0.25) is 5.02 Å². The number of aryl methyl sites for hydroxylation is 2. The number of halogens is 1. The Morgan fingerprint density at radius 2 is 1.88 bits per heavy atom. The number of hydrogen-bond donors (Lipinski definition) is 1. The highest BCUT2D eigenvalue weighted by molar-refractivity contribution is 6.30. The van der Waals surface area contributed by atoms with Crippen LogP contribution < -0.4 is 10.9 Å². The lowest BCUT2D eigenvalue weighted by molar-refractivity contribution is -0.121. The minimum absolute atomic E-state index is 0.0952. The summed E-state index contributed by atoms with van der Waals surface area (Å²) in [7, 11) is 0. The molecule has 8 heteroatoms. The molecule has 0 aliphatic heterocycles. The van der Waals surface area contributed by atoms with E-state index in [4.69, 9.17) is 16.1 Å². The van der Waals surface area contributed by atoms with Crippen molar-refractivity contribution in [2.45, 2.75) is 26.8 Å². The molecule has 0 bridgehead atoms. The first-order chi connectivity index (χ1) is 15.9. The van der Waals surface area contributed by atoms with Gasteiger partial charge in [-0.2, -0.15) is 4.98 Å². The zero-order valence-corrected chi connectivity index (χ0v) is 19.1. The molecule has 168 valence electrons. The molecule has 0 atom stereocenters. The fourth-order valence-electron chi connectivity index (χ4n) is 3.64. The average molecular weight is 463 g/mol. The summed E-state index contributed by atoms with van der Waals surface area (Å²) in [5.41, 5.74) is 3.11. The highest BCUT2D eigenvalue weighted by Crippen LogP contribution is 2.24. The molecular formula is C25H23ClN4O3. The molecule has 2 aromatic carbocycles. The molecule has 0 spiro atoms. The van der Waals surface area contributed by atoms with Crippen LogP contribution in [0.4, 0.5) is 0 Å². The summed E-state index contributed by atoms with van der Waals surface area (Å²) in [6.07, 6.45) is 0.716. The van der Waals surface area contributed by atoms with E-state index in [0.717, 1.165) is 5.56 Å². The Balaban J connectivity index is 1.54. The number of nitrogens with one attached hydrogen (secondary N) is 1. The second-order valence-corrected chi connectivity index (χ2v) is 8.19. The Hall–Kier alpha value is -3.71. The largest absolute Gasteiger partial charge is 0.354 e. The number of carbonyl (C=O) groups is 1. The van der Waals surface area contributed by atoms with Gasteiger partial charge in [0.2, 0.25) is 11.7 Å². The summed E-state index contributed by atoms with van der Waals surface area (Å²) in [6, 6.07) is 18.8. The number of aromatic nitrogens is 3. The molecule has 7 nitrogen and oxygen atoms in total. The van der Waals surface area contributed by atoms with Crippen molar-refractivity contribution in [1.82, 2.24) is 20.0 Å². The van der Waals surface area contributed by atoms with Gasteiger partial charge >= 0.3 is 0 Å². The number of pyridine rings is 1. The number of rotatable bonds is 7. The average Bonchev–Trinajstić information content (AvgIpc) is 3.27. The van der Waals surface area contributed by atoms with Gasteiger partial charge in [0.1, 0.15) is 12.1 Å². The Morgan fingerprint density at radius 3 is 2.64 bits per heavy atom. The topological polar surface area (TPSA) is 90.0 Å². The van der Waals surface area contributed by atoms with Crippen LogP contribution >= 0.6 is 11.6 Å². The Labute approximate surface area is 196 Å². The SMILES string of the molecule is Cc1cc(C)n(CC(=O)NCCc2ccccc2)c(=O)c1-c1nc(-c2cccc(Cl)c2)no1. The zero-order valence-electron chi connectivity index (χ0n) is 18.3. The lowest BCUT2D eigenvalue weighted by atomic mass is 10.1. The first kappa shape index (κ1) is 22.5. The van der Waals surface area contributed by atoms with Gasteiger partial charge in [0.25, 0.3) is 11.4 Å². The molecule has 0 aliphatic carbocycles. The van der Waals surface area contributed by atoms with E-state index in [2.05, 4.69) is 15.5 Å². The van der Waals surface area contributed by atoms with Gasteiger partial charge in [-0.25, -0.2) is 0 Å². The predicted molar refractivity (Wildman–Crippen MR) is 127 cm³/mol. The minimum atomic E-state index is -0.355. The van der Waals surface area contributed by atoms with E-state index in [0.29, 0.717) is 40.6 Å². The molecule has 2 aromatic heterocycles. The molecule has 0 saturated carbocycles. The molecule has 4 rings (SSSR count). The molecule has 2 heterocycles. The van der Waals surface area contributed by atoms with Crippen LogP contribution in [0, 0.1) is 13.8 Å². The third kappa shape index (κ3) is 5.21. The van der Waals surface area contributed by atoms with Crippen LogP contribution in [0.5, 0.6) is 0 Å². The lowest BCUT2D eigenvalue weighted by Gasteiger charge is -2.13. The third-order valence-electron chi connectivity index (χ3n) is 5.31. The van der Waals surface area contributed by atoms with Gasteiger partial charge in [-0.15, -0.1) is 0 Å². The van der Waals surface area contributed by atoms with Crippen molar-refractivity contribution in [3.05, 3.63) is 92.9 Å². The van der Waals surface area contributed by atoms with Crippen molar-refractivity contribution in [3.8, 4) is 22.8 Å². The van der Waals surface area contributed by atoms with E-state index < -0.39 is 0 Å². The van der Waals surface area contributed by atoms with Gasteiger partial charge in [0.05, 0.1) is 0 Å². The van der Waals surface area contributed by atoms with Gasteiger partial charge in [-0.3, -0.25) is 9.59 Å². The molecule has 0 unspecified atom stereocenters. The van der Waals surface area contributed by atoms with Crippen molar-refractivity contribution in [2.24, 2.45) is 0 Å². The molecule has 1 amide bonds. The maximum Gasteiger partial charge on any atom is 0.264 e. The Morgan fingerprint density at radius 1 is 1.09 bits per heavy atom. The molecule has 33 heavy (non-hydrogen) atoms. The van der Waals surface area contributed by atoms with Crippen molar-refractivity contribution in [2.75, 3.05) is 6.54 Å². The van der Waals surface area contributed by atoms with Crippen molar-refractivity contribution < 1.29 is 9.32 Å². The van der Waals surface area contributed by atoms with Crippen molar-refractivity contribution in [1.29, 1.82) is 0 Å². The number of hydrogen-bond acceptors (Lipinski definition) is 5. The number of benzene rings is 2. The number of carbonyl (C=O) groups excluding carboxylic acids is 1. The first-order valence-corrected chi connectivity index (χ1v) is 10.9. The highest BCUT2D eigenvalue weighted by atomic mass is 35.5. The fraction of sp³-hybridized carbons (Fsp3) is 0.200. The van der Waals surface area contributed by atoms with E-state index in [1.54, 1.807) is 38.1 Å². The molecule has 4 aromatic rings. The van der Waals surface area contributed by atoms with Crippen LogP contribution in [0.15, 0.2) is 70.0 Å². The summed E-state index contributed by atoms with van der Waals surface area (Å²) in [5, 5.41) is 7.42. The molecular weight excluding hydrogens is 440 g/mol. The summed E-state index contributed by atoms with van der Waals surface area (Å²) >= 11 is 6.05. The van der Waals surface area contributed by atoms with Gasteiger partial charge < -0.3 is 14.4 Å². The standard InChI is InChI=1S/C25H23ClN4O3/c1-16-13-17(2)30(15-21(31)27-12-11-18-7-4-3-5-8-18)25(32)22(16)24-28-23(29-33-24)19-9-6-10-20(26)14-19/h3-10,13-14H,11-12,15H2,1-2H3,(H,27,31). The van der Waals surface area contributed by atoms with E-state index in [1.165, 1.54) is 4.57 Å². The van der Waals surface area contributed by atoms with Crippen LogP contribution in [-0.4, -0.2) is 27.2 Å². The molecule has 0 radical (unpaired) electrons. The van der Waals surface area contributed by atoms with Crippen LogP contribution in [0.25, 0.3) is 22.8 Å². The Bertz CT molecular complexity index is 1350. The summed E-state index contributed by atoms with van der Waals surface area (Å²) in [4.78, 5) is 30.2. The second-order valence-electron chi connectivity index (χ2n) is 7.75. The second kappa shape index (κ2) is 9.83. The van der Waals surface area contributed by atoms with Crippen molar-refractivity contribution in [3.63, 3.8) is 0 Å². The summed E-state index contributed by atoms with van der Waals surface area (Å²) in [6.45, 7) is 3.99. The number of amides is 1. The van der Waals surface area contributed by atoms with E-state index in [-0.39, 0.29) is 29.5 Å². The summed E-state index contributed by atoms with van der Waals surface area (Å²) in [5.74, 6) is 0.193. The minimum Gasteiger partial charge on any atom is -0.354 e. The normalized spacial score (nSPS) is 10.9. The van der Waals surface area contributed by atoms with E-state index in [1.807, 2.05) is 36.4 Å². The van der Waals surface area contributed by atoms with Crippen LogP contribution in [0.3, 0.4) is 0 Å². The van der Waals surface area contributed by atoms with Gasteiger partial charge in [0.15, 0.2) is 0 Å². The van der Waals surface area contributed by atoms with Crippen molar-refractivity contribution >= 4 is 17.5 Å². The smallest absolute Gasteiger partial charge is 0.264 e. The van der Waals surface area contributed by atoms with Crippen LogP contribution in [-0.2, 0) is 17.8 Å². The highest BCUT2D eigenvalue weighted by Gasteiger charge is 2.20. The summed E-state index contributed by atoms with van der Waals surface area (Å²) < 4.78 is 6.82. The van der Waals surface area contributed by atoms with E-state index in [9.17, 15) is 9.59 Å². The van der Waals surface area contributed by atoms with Gasteiger partial charge in [-0.1, -0.05) is 59.2 Å². The zero-order chi connectivity index (χ0) is 23.4. The lowest BCUT2D eigenvalue weighted by Crippen LogP contribution is -2.35. The first-order valence-electron chi connectivity index (χ1n) is 10.5. The maximum atomic E-state index is 13.3. The van der Waals surface area contributed by atoms with Crippen LogP contribution in [0.1, 0.15) is 16.8 Å². The number of nitrogens with zero attached hydrogens (tertiary/aromatic N) is 3. The Kier molecular flexibility index (Phi) is 6.70. The quantitative estimate of drug-likeness (QED) is 0.444. The molecule has 0 aliphatic rings. The molecule has 0 fully saturated rings. The van der Waals surface area contributed by atoms with E-state index >= 15 is 0 Å². The maximum absolute atomic E-state index is 13.3. The predicted octanol–water partition coefficient (Wildman–Crippen LogP) is 4.19.